The Morgan fingerprint density at radius 2 is 1.80 bits per heavy atom. The second-order valence-corrected chi connectivity index (χ2v) is 6.28. The zero-order chi connectivity index (χ0) is 14.5. The van der Waals surface area contributed by atoms with Crippen molar-refractivity contribution in [1.29, 1.82) is 0 Å². The number of nitrogens with one attached hydrogen (secondary N) is 1. The molecule has 0 saturated heterocycles. The Balaban J connectivity index is 1.83. The van der Waals surface area contributed by atoms with E-state index in [-0.39, 0.29) is 6.42 Å². The van der Waals surface area contributed by atoms with Gasteiger partial charge >= 0.3 is 5.97 Å². The zero-order valence-corrected chi connectivity index (χ0v) is 12.6. The van der Waals surface area contributed by atoms with Crippen molar-refractivity contribution < 1.29 is 9.90 Å². The van der Waals surface area contributed by atoms with E-state index in [1.54, 1.807) is 0 Å². The molecule has 3 nitrogen and oxygen atoms in total. The molecule has 0 amide bonds. The van der Waals surface area contributed by atoms with Gasteiger partial charge in [-0.3, -0.25) is 4.79 Å². The standard InChI is InChI=1S/C16H19NO2S/c1-11-7-15(20-12(11)2)10-17-9-14-5-3-13(4-6-14)8-16(18)19/h3-7,17H,8-10H2,1-2H3,(H,18,19). The Morgan fingerprint density at radius 3 is 2.35 bits per heavy atom. The van der Waals surface area contributed by atoms with Crippen LogP contribution in [0.25, 0.3) is 0 Å². The monoisotopic (exact) mass is 289 g/mol. The van der Waals surface area contributed by atoms with Gasteiger partial charge in [0, 0.05) is 22.8 Å². The van der Waals surface area contributed by atoms with Crippen LogP contribution in [0.15, 0.2) is 30.3 Å². The molecule has 0 aliphatic rings. The molecule has 2 aromatic rings. The first kappa shape index (κ1) is 14.8. The molecular formula is C16H19NO2S. The minimum absolute atomic E-state index is 0.0848. The molecule has 2 N–H and O–H groups in total. The quantitative estimate of drug-likeness (QED) is 0.858. The van der Waals surface area contributed by atoms with E-state index in [1.807, 2.05) is 35.6 Å². The molecule has 1 aromatic carbocycles. The average molecular weight is 289 g/mol. The Morgan fingerprint density at radius 1 is 1.15 bits per heavy atom. The van der Waals surface area contributed by atoms with Crippen LogP contribution in [0.1, 0.15) is 26.4 Å². The molecule has 0 aliphatic heterocycles. The predicted octanol–water partition coefficient (Wildman–Crippen LogP) is 3.28. The number of carbonyl (C=O) groups is 1. The molecule has 2 rings (SSSR count). The summed E-state index contributed by atoms with van der Waals surface area (Å²) in [4.78, 5) is 13.3. The summed E-state index contributed by atoms with van der Waals surface area (Å²) in [5.74, 6) is -0.792. The van der Waals surface area contributed by atoms with Crippen molar-refractivity contribution in [2.24, 2.45) is 0 Å². The molecule has 1 aromatic heterocycles. The number of hydrogen-bond acceptors (Lipinski definition) is 3. The fourth-order valence-electron chi connectivity index (χ4n) is 2.02. The van der Waals surface area contributed by atoms with Gasteiger partial charge in [0.15, 0.2) is 0 Å². The third-order valence-corrected chi connectivity index (χ3v) is 4.38. The van der Waals surface area contributed by atoms with Crippen LogP contribution in [-0.4, -0.2) is 11.1 Å². The summed E-state index contributed by atoms with van der Waals surface area (Å²) in [5, 5.41) is 12.1. The lowest BCUT2D eigenvalue weighted by Gasteiger charge is -2.04. The van der Waals surface area contributed by atoms with E-state index in [0.717, 1.165) is 18.7 Å². The molecular weight excluding hydrogens is 270 g/mol. The first-order chi connectivity index (χ1) is 9.54. The highest BCUT2D eigenvalue weighted by Gasteiger charge is 2.02. The van der Waals surface area contributed by atoms with Crippen LogP contribution in [0.4, 0.5) is 0 Å². The Kier molecular flexibility index (Phi) is 4.93. The van der Waals surface area contributed by atoms with Gasteiger partial charge in [-0.1, -0.05) is 24.3 Å². The average Bonchev–Trinajstić information content (AvgIpc) is 2.70. The van der Waals surface area contributed by atoms with Gasteiger partial charge in [-0.15, -0.1) is 11.3 Å². The first-order valence-electron chi connectivity index (χ1n) is 6.61. The lowest BCUT2D eigenvalue weighted by Crippen LogP contribution is -2.11. The lowest BCUT2D eigenvalue weighted by atomic mass is 10.1. The summed E-state index contributed by atoms with van der Waals surface area (Å²) in [6, 6.07) is 9.95. The summed E-state index contributed by atoms with van der Waals surface area (Å²) >= 11 is 1.83. The first-order valence-corrected chi connectivity index (χ1v) is 7.42. The van der Waals surface area contributed by atoms with E-state index in [4.69, 9.17) is 5.11 Å². The van der Waals surface area contributed by atoms with Crippen molar-refractivity contribution >= 4 is 17.3 Å². The van der Waals surface area contributed by atoms with Gasteiger partial charge in [0.25, 0.3) is 0 Å². The summed E-state index contributed by atoms with van der Waals surface area (Å²) in [6.07, 6.45) is 0.0848. The smallest absolute Gasteiger partial charge is 0.307 e. The maximum Gasteiger partial charge on any atom is 0.307 e. The number of hydrogen-bond donors (Lipinski definition) is 2. The maximum atomic E-state index is 10.6. The third-order valence-electron chi connectivity index (χ3n) is 3.22. The summed E-state index contributed by atoms with van der Waals surface area (Å²) in [6.45, 7) is 5.95. The van der Waals surface area contributed by atoms with E-state index in [0.29, 0.717) is 0 Å². The van der Waals surface area contributed by atoms with Gasteiger partial charge in [0.2, 0.25) is 0 Å². The molecule has 1 heterocycles. The molecule has 106 valence electrons. The number of benzene rings is 1. The highest BCUT2D eigenvalue weighted by atomic mass is 32.1. The van der Waals surface area contributed by atoms with E-state index >= 15 is 0 Å². The number of aryl methyl sites for hydroxylation is 2. The third kappa shape index (κ3) is 4.18. The number of rotatable bonds is 6. The van der Waals surface area contributed by atoms with Gasteiger partial charge in [0.05, 0.1) is 6.42 Å². The minimum atomic E-state index is -0.792. The van der Waals surface area contributed by atoms with Gasteiger partial charge < -0.3 is 10.4 Å². The van der Waals surface area contributed by atoms with E-state index in [9.17, 15) is 4.79 Å². The largest absolute Gasteiger partial charge is 0.481 e. The second-order valence-electron chi connectivity index (χ2n) is 4.94. The molecule has 0 radical (unpaired) electrons. The van der Waals surface area contributed by atoms with Crippen molar-refractivity contribution in [2.75, 3.05) is 0 Å². The highest BCUT2D eigenvalue weighted by molar-refractivity contribution is 7.12. The zero-order valence-electron chi connectivity index (χ0n) is 11.8. The molecule has 0 fully saturated rings. The van der Waals surface area contributed by atoms with Crippen LogP contribution in [0.3, 0.4) is 0 Å². The molecule has 20 heavy (non-hydrogen) atoms. The van der Waals surface area contributed by atoms with Crippen molar-refractivity contribution in [2.45, 2.75) is 33.4 Å². The Bertz CT molecular complexity index is 568. The van der Waals surface area contributed by atoms with Crippen molar-refractivity contribution in [1.82, 2.24) is 5.32 Å². The van der Waals surface area contributed by atoms with E-state index < -0.39 is 5.97 Å². The van der Waals surface area contributed by atoms with Crippen LogP contribution in [0, 0.1) is 13.8 Å². The molecule has 0 spiro atoms. The fourth-order valence-corrected chi connectivity index (χ4v) is 3.04. The molecule has 0 aliphatic carbocycles. The second kappa shape index (κ2) is 6.68. The van der Waals surface area contributed by atoms with Crippen LogP contribution < -0.4 is 5.32 Å². The van der Waals surface area contributed by atoms with Crippen molar-refractivity contribution in [3.63, 3.8) is 0 Å². The molecule has 0 bridgehead atoms. The van der Waals surface area contributed by atoms with Gasteiger partial charge in [-0.05, 0) is 36.6 Å². The summed E-state index contributed by atoms with van der Waals surface area (Å²) in [5.41, 5.74) is 3.36. The molecule has 0 saturated carbocycles. The molecule has 4 heteroatoms. The SMILES string of the molecule is Cc1cc(CNCc2ccc(CC(=O)O)cc2)sc1C. The van der Waals surface area contributed by atoms with Gasteiger partial charge in [-0.25, -0.2) is 0 Å². The topological polar surface area (TPSA) is 49.3 Å². The van der Waals surface area contributed by atoms with Gasteiger partial charge in [0.1, 0.15) is 0 Å². The number of thiophene rings is 1. The molecule has 0 unspecified atom stereocenters. The van der Waals surface area contributed by atoms with Gasteiger partial charge in [-0.2, -0.15) is 0 Å². The van der Waals surface area contributed by atoms with Crippen LogP contribution >= 0.6 is 11.3 Å². The maximum absolute atomic E-state index is 10.6. The minimum Gasteiger partial charge on any atom is -0.481 e. The molecule has 0 atom stereocenters. The summed E-state index contributed by atoms with van der Waals surface area (Å²) in [7, 11) is 0. The predicted molar refractivity (Wildman–Crippen MR) is 82.1 cm³/mol. The van der Waals surface area contributed by atoms with Crippen molar-refractivity contribution in [3.8, 4) is 0 Å². The number of aliphatic carboxylic acids is 1. The highest BCUT2D eigenvalue weighted by Crippen LogP contribution is 2.20. The van der Waals surface area contributed by atoms with Crippen LogP contribution in [0.5, 0.6) is 0 Å². The van der Waals surface area contributed by atoms with Crippen molar-refractivity contribution in [3.05, 3.63) is 56.8 Å². The lowest BCUT2D eigenvalue weighted by molar-refractivity contribution is -0.136. The Labute approximate surface area is 123 Å². The number of carboxylic acid groups (broad SMARTS) is 1. The van der Waals surface area contributed by atoms with E-state index in [1.165, 1.54) is 20.9 Å². The fraction of sp³-hybridized carbons (Fsp3) is 0.312. The normalized spacial score (nSPS) is 10.7. The van der Waals surface area contributed by atoms with Crippen LogP contribution in [0.2, 0.25) is 0 Å². The Hall–Kier alpha value is -1.65. The number of carboxylic acids is 1. The summed E-state index contributed by atoms with van der Waals surface area (Å²) < 4.78 is 0. The van der Waals surface area contributed by atoms with Crippen LogP contribution in [-0.2, 0) is 24.3 Å². The van der Waals surface area contributed by atoms with E-state index in [2.05, 4.69) is 25.2 Å².